The molecule has 1 N–H and O–H groups in total. The van der Waals surface area contributed by atoms with Crippen LogP contribution >= 0.6 is 0 Å². The highest BCUT2D eigenvalue weighted by Crippen LogP contribution is 1.99. The molecule has 33 valence electrons. The summed E-state index contributed by atoms with van der Waals surface area (Å²) in [5, 5.41) is 3.11. The van der Waals surface area contributed by atoms with Gasteiger partial charge in [-0.1, -0.05) is 6.58 Å². The first kappa shape index (κ1) is 3.88. The lowest BCUT2D eigenvalue weighted by atomic mass is 10.1. The smallest absolute Gasteiger partial charge is 0.00853 e. The molecule has 1 aliphatic heterocycles. The van der Waals surface area contributed by atoms with Crippen LogP contribution in [0.1, 0.15) is 0 Å². The highest BCUT2D eigenvalue weighted by Gasteiger charge is 2.10. The highest BCUT2D eigenvalue weighted by molar-refractivity contribution is 4.82. The van der Waals surface area contributed by atoms with Gasteiger partial charge in [-0.3, -0.25) is 0 Å². The Morgan fingerprint density at radius 2 is 2.33 bits per heavy atom. The first-order valence-electron chi connectivity index (χ1n) is 2.17. The maximum absolute atomic E-state index is 3.52. The van der Waals surface area contributed by atoms with Crippen molar-refractivity contribution in [2.24, 2.45) is 5.92 Å². The zero-order valence-corrected chi connectivity index (χ0v) is 3.70. The Kier molecular flexibility index (Phi) is 0.926. The molecular weight excluding hydrogens is 74.1 g/mol. The van der Waals surface area contributed by atoms with E-state index >= 15 is 0 Å². The van der Waals surface area contributed by atoms with Gasteiger partial charge in [-0.2, -0.15) is 0 Å². The number of hydrogen-bond acceptors (Lipinski definition) is 1. The normalized spacial score (nSPS) is 22.7. The number of rotatable bonds is 1. The fourth-order valence-electron chi connectivity index (χ4n) is 0.433. The van der Waals surface area contributed by atoms with Gasteiger partial charge in [0.05, 0.1) is 0 Å². The van der Waals surface area contributed by atoms with E-state index in [9.17, 15) is 0 Å². The average molecular weight is 82.1 g/mol. The lowest BCUT2D eigenvalue weighted by Gasteiger charge is -2.22. The summed E-state index contributed by atoms with van der Waals surface area (Å²) in [4.78, 5) is 0. The molecule has 0 bridgehead atoms. The Labute approximate surface area is 38.1 Å². The van der Waals surface area contributed by atoms with Gasteiger partial charge in [-0.15, -0.1) is 0 Å². The van der Waals surface area contributed by atoms with Crippen LogP contribution in [0, 0.1) is 12.0 Å². The van der Waals surface area contributed by atoms with Gasteiger partial charge < -0.3 is 5.32 Å². The molecule has 1 radical (unpaired) electrons. The molecule has 1 heterocycles. The second-order valence-electron chi connectivity index (χ2n) is 1.56. The number of hydrogen-bond donors (Lipinski definition) is 1. The van der Waals surface area contributed by atoms with E-state index in [1.807, 2.05) is 0 Å². The molecule has 1 saturated heterocycles. The van der Waals surface area contributed by atoms with E-state index in [0.29, 0.717) is 5.92 Å². The van der Waals surface area contributed by atoms with Gasteiger partial charge >= 0.3 is 0 Å². The Balaban J connectivity index is 2.16. The molecule has 1 heteroatoms. The fourth-order valence-corrected chi connectivity index (χ4v) is 0.433. The minimum atomic E-state index is 0.644. The van der Waals surface area contributed by atoms with Gasteiger partial charge in [0.25, 0.3) is 0 Å². The van der Waals surface area contributed by atoms with Crippen LogP contribution in [-0.4, -0.2) is 13.1 Å². The third-order valence-electron chi connectivity index (χ3n) is 1.07. The third-order valence-corrected chi connectivity index (χ3v) is 1.07. The Hall–Kier alpha value is -0.300. The predicted molar refractivity (Wildman–Crippen MR) is 25.2 cm³/mol. The number of nitrogens with one attached hydrogen (secondary N) is 1. The molecular formula is C5H8N. The van der Waals surface area contributed by atoms with Crippen LogP contribution in [0.15, 0.2) is 6.58 Å². The van der Waals surface area contributed by atoms with Crippen LogP contribution < -0.4 is 5.32 Å². The summed E-state index contributed by atoms with van der Waals surface area (Å²) in [7, 11) is 0. The van der Waals surface area contributed by atoms with E-state index in [0.717, 1.165) is 13.1 Å². The van der Waals surface area contributed by atoms with Crippen molar-refractivity contribution in [3.63, 3.8) is 0 Å². The lowest BCUT2D eigenvalue weighted by Crippen LogP contribution is -2.40. The molecule has 1 nitrogen and oxygen atoms in total. The second kappa shape index (κ2) is 1.43. The van der Waals surface area contributed by atoms with Crippen molar-refractivity contribution in [3.8, 4) is 0 Å². The van der Waals surface area contributed by atoms with Gasteiger partial charge in [0.15, 0.2) is 0 Å². The van der Waals surface area contributed by atoms with E-state index in [2.05, 4.69) is 18.0 Å². The van der Waals surface area contributed by atoms with E-state index in [1.54, 1.807) is 0 Å². The maximum atomic E-state index is 3.52. The summed E-state index contributed by atoms with van der Waals surface area (Å²) in [5.74, 6) is 0.644. The van der Waals surface area contributed by atoms with Crippen LogP contribution in [-0.2, 0) is 0 Å². The van der Waals surface area contributed by atoms with Crippen LogP contribution in [0.4, 0.5) is 0 Å². The van der Waals surface area contributed by atoms with Gasteiger partial charge in [0.1, 0.15) is 0 Å². The van der Waals surface area contributed by atoms with Crippen LogP contribution in [0.2, 0.25) is 0 Å². The monoisotopic (exact) mass is 82.1 g/mol. The van der Waals surface area contributed by atoms with Gasteiger partial charge in [-0.25, -0.2) is 0 Å². The molecule has 1 fully saturated rings. The largest absolute Gasteiger partial charge is 0.315 e. The first-order valence-corrected chi connectivity index (χ1v) is 2.17. The molecule has 6 heavy (non-hydrogen) atoms. The molecule has 1 aliphatic rings. The molecule has 0 aromatic carbocycles. The molecule has 0 aromatic rings. The third kappa shape index (κ3) is 0.455. The van der Waals surface area contributed by atoms with Gasteiger partial charge in [0.2, 0.25) is 0 Å². The molecule has 0 saturated carbocycles. The van der Waals surface area contributed by atoms with Crippen LogP contribution in [0.5, 0.6) is 0 Å². The lowest BCUT2D eigenvalue weighted by molar-refractivity contribution is 0.409. The summed E-state index contributed by atoms with van der Waals surface area (Å²) in [6.07, 6.45) is 2.89. The summed E-state index contributed by atoms with van der Waals surface area (Å²) >= 11 is 0. The molecule has 0 amide bonds. The van der Waals surface area contributed by atoms with E-state index in [4.69, 9.17) is 0 Å². The van der Waals surface area contributed by atoms with Crippen LogP contribution in [0.25, 0.3) is 0 Å². The Morgan fingerprint density at radius 1 is 1.67 bits per heavy atom. The SMILES string of the molecule is C=[C]C1CNC1. The summed E-state index contributed by atoms with van der Waals surface area (Å²) in [6.45, 7) is 5.69. The van der Waals surface area contributed by atoms with Crippen LogP contribution in [0.3, 0.4) is 0 Å². The van der Waals surface area contributed by atoms with Crippen molar-refractivity contribution in [2.45, 2.75) is 0 Å². The quantitative estimate of drug-likeness (QED) is 0.476. The maximum Gasteiger partial charge on any atom is 0.00853 e. The summed E-state index contributed by atoms with van der Waals surface area (Å²) in [5.41, 5.74) is 0. The Bertz CT molecular complexity index is 55.0. The second-order valence-corrected chi connectivity index (χ2v) is 1.56. The van der Waals surface area contributed by atoms with Crippen molar-refractivity contribution in [3.05, 3.63) is 12.7 Å². The van der Waals surface area contributed by atoms with E-state index in [-0.39, 0.29) is 0 Å². The molecule has 0 aromatic heterocycles. The highest BCUT2D eigenvalue weighted by atomic mass is 14.9. The topological polar surface area (TPSA) is 12.0 Å². The predicted octanol–water partition coefficient (Wildman–Crippen LogP) is 0.195. The van der Waals surface area contributed by atoms with Crippen molar-refractivity contribution in [1.82, 2.24) is 5.32 Å². The minimum Gasteiger partial charge on any atom is -0.315 e. The van der Waals surface area contributed by atoms with Crippen molar-refractivity contribution >= 4 is 0 Å². The van der Waals surface area contributed by atoms with Gasteiger partial charge in [-0.05, 0) is 6.08 Å². The van der Waals surface area contributed by atoms with Crippen molar-refractivity contribution < 1.29 is 0 Å². The Morgan fingerprint density at radius 3 is 2.33 bits per heavy atom. The van der Waals surface area contributed by atoms with E-state index in [1.165, 1.54) is 0 Å². The molecule has 1 rings (SSSR count). The zero-order chi connectivity index (χ0) is 4.41. The summed E-state index contributed by atoms with van der Waals surface area (Å²) in [6, 6.07) is 0. The molecule has 0 unspecified atom stereocenters. The van der Waals surface area contributed by atoms with Crippen molar-refractivity contribution in [2.75, 3.05) is 13.1 Å². The zero-order valence-electron chi connectivity index (χ0n) is 3.70. The van der Waals surface area contributed by atoms with E-state index < -0.39 is 0 Å². The first-order chi connectivity index (χ1) is 2.93. The van der Waals surface area contributed by atoms with Crippen molar-refractivity contribution in [1.29, 1.82) is 0 Å². The summed E-state index contributed by atoms with van der Waals surface area (Å²) < 4.78 is 0. The molecule has 0 aliphatic carbocycles. The van der Waals surface area contributed by atoms with Gasteiger partial charge in [0, 0.05) is 19.0 Å². The minimum absolute atomic E-state index is 0.644. The fraction of sp³-hybridized carbons (Fsp3) is 0.600. The average Bonchev–Trinajstić information content (AvgIpc) is 1.31. The molecule has 0 atom stereocenters. The standard InChI is InChI=1S/C5H8N/c1-2-5-3-6-4-5/h5-6H,1,3-4H2. The molecule has 0 spiro atoms.